The van der Waals surface area contributed by atoms with Gasteiger partial charge in [-0.15, -0.1) is 12.4 Å². The summed E-state index contributed by atoms with van der Waals surface area (Å²) in [5.74, 6) is -0.0590. The smallest absolute Gasteiger partial charge is 0.317 e. The van der Waals surface area contributed by atoms with Crippen molar-refractivity contribution in [2.75, 3.05) is 33.7 Å². The normalized spacial score (nSPS) is 9.55. The lowest BCUT2D eigenvalue weighted by Gasteiger charge is -2.18. The van der Waals surface area contributed by atoms with E-state index in [9.17, 15) is 9.59 Å². The van der Waals surface area contributed by atoms with Crippen LogP contribution in [-0.2, 0) is 11.3 Å². The number of carbonyl (C=O) groups is 2. The summed E-state index contributed by atoms with van der Waals surface area (Å²) in [5, 5.41) is 8.44. The SMILES string of the molecule is CNCCNC(=O)CCNC(=O)N(C)Cc1ccccc1.Cl. The summed E-state index contributed by atoms with van der Waals surface area (Å²) in [6, 6.07) is 9.59. The van der Waals surface area contributed by atoms with E-state index in [0.717, 1.165) is 12.1 Å². The largest absolute Gasteiger partial charge is 0.355 e. The Hall–Kier alpha value is -1.79. The van der Waals surface area contributed by atoms with Crippen molar-refractivity contribution < 1.29 is 9.59 Å². The second-order valence-electron chi connectivity index (χ2n) is 4.78. The summed E-state index contributed by atoms with van der Waals surface area (Å²) in [6.45, 7) is 2.21. The Bertz CT molecular complexity index is 442. The number of hydrogen-bond acceptors (Lipinski definition) is 3. The first-order chi connectivity index (χ1) is 10.1. The third-order valence-electron chi connectivity index (χ3n) is 2.93. The maximum absolute atomic E-state index is 11.9. The zero-order valence-corrected chi connectivity index (χ0v) is 13.9. The van der Waals surface area contributed by atoms with Crippen molar-refractivity contribution in [3.8, 4) is 0 Å². The number of rotatable bonds is 8. The second-order valence-corrected chi connectivity index (χ2v) is 4.78. The average Bonchev–Trinajstić information content (AvgIpc) is 2.48. The number of nitrogens with zero attached hydrogens (tertiary/aromatic N) is 1. The molecule has 7 heteroatoms. The number of halogens is 1. The molecule has 0 aromatic heterocycles. The van der Waals surface area contributed by atoms with Crippen LogP contribution in [0, 0.1) is 0 Å². The molecule has 0 unspecified atom stereocenters. The minimum atomic E-state index is -0.179. The van der Waals surface area contributed by atoms with Gasteiger partial charge in [-0.1, -0.05) is 30.3 Å². The number of likely N-dealkylation sites (N-methyl/N-ethyl adjacent to an activating group) is 1. The van der Waals surface area contributed by atoms with Gasteiger partial charge < -0.3 is 20.9 Å². The molecule has 3 amide bonds. The van der Waals surface area contributed by atoms with E-state index in [1.165, 1.54) is 0 Å². The van der Waals surface area contributed by atoms with Crippen LogP contribution in [0.2, 0.25) is 0 Å². The molecule has 1 aromatic rings. The van der Waals surface area contributed by atoms with Crippen molar-refractivity contribution in [3.63, 3.8) is 0 Å². The number of benzene rings is 1. The van der Waals surface area contributed by atoms with E-state index < -0.39 is 0 Å². The number of urea groups is 1. The molecular formula is C15H25ClN4O2. The van der Waals surface area contributed by atoms with Crippen molar-refractivity contribution in [3.05, 3.63) is 35.9 Å². The van der Waals surface area contributed by atoms with Crippen LogP contribution < -0.4 is 16.0 Å². The Morgan fingerprint density at radius 2 is 1.73 bits per heavy atom. The zero-order chi connectivity index (χ0) is 15.5. The molecule has 0 bridgehead atoms. The Kier molecular flexibility index (Phi) is 10.9. The molecule has 124 valence electrons. The molecule has 0 heterocycles. The van der Waals surface area contributed by atoms with E-state index in [2.05, 4.69) is 16.0 Å². The van der Waals surface area contributed by atoms with Crippen molar-refractivity contribution in [2.45, 2.75) is 13.0 Å². The lowest BCUT2D eigenvalue weighted by atomic mass is 10.2. The molecule has 0 aliphatic rings. The Morgan fingerprint density at radius 1 is 1.05 bits per heavy atom. The molecule has 0 aliphatic carbocycles. The van der Waals surface area contributed by atoms with Gasteiger partial charge in [0.25, 0.3) is 0 Å². The average molecular weight is 329 g/mol. The molecule has 0 atom stereocenters. The number of carbonyl (C=O) groups excluding carboxylic acids is 2. The number of nitrogens with one attached hydrogen (secondary N) is 3. The predicted molar refractivity (Wildman–Crippen MR) is 90.1 cm³/mol. The summed E-state index contributed by atoms with van der Waals surface area (Å²) < 4.78 is 0. The maximum Gasteiger partial charge on any atom is 0.317 e. The first-order valence-electron chi connectivity index (χ1n) is 7.07. The molecule has 6 nitrogen and oxygen atoms in total. The molecular weight excluding hydrogens is 304 g/mol. The number of hydrogen-bond donors (Lipinski definition) is 3. The maximum atomic E-state index is 11.9. The standard InChI is InChI=1S/C15H24N4O2.ClH/c1-16-10-11-17-14(20)8-9-18-15(21)19(2)12-13-6-4-3-5-7-13;/h3-7,16H,8-12H2,1-2H3,(H,17,20)(H,18,21);1H. The highest BCUT2D eigenvalue weighted by Gasteiger charge is 2.09. The Labute approximate surface area is 138 Å². The van der Waals surface area contributed by atoms with Crippen LogP contribution in [0.4, 0.5) is 4.79 Å². The summed E-state index contributed by atoms with van der Waals surface area (Å²) in [7, 11) is 3.56. The van der Waals surface area contributed by atoms with Gasteiger partial charge in [0.1, 0.15) is 0 Å². The Morgan fingerprint density at radius 3 is 2.36 bits per heavy atom. The molecule has 0 spiro atoms. The van der Waals surface area contributed by atoms with Crippen LogP contribution in [0.25, 0.3) is 0 Å². The highest BCUT2D eigenvalue weighted by Crippen LogP contribution is 2.02. The fourth-order valence-electron chi connectivity index (χ4n) is 1.76. The fraction of sp³-hybridized carbons (Fsp3) is 0.467. The predicted octanol–water partition coefficient (Wildman–Crippen LogP) is 0.976. The first kappa shape index (κ1) is 20.2. The van der Waals surface area contributed by atoms with Crippen LogP contribution in [0.15, 0.2) is 30.3 Å². The highest BCUT2D eigenvalue weighted by atomic mass is 35.5. The van der Waals surface area contributed by atoms with Gasteiger partial charge in [0.2, 0.25) is 5.91 Å². The summed E-state index contributed by atoms with van der Waals surface area (Å²) in [5.41, 5.74) is 1.07. The van der Waals surface area contributed by atoms with Gasteiger partial charge in [-0.05, 0) is 12.6 Å². The van der Waals surface area contributed by atoms with Crippen molar-refractivity contribution in [1.29, 1.82) is 0 Å². The summed E-state index contributed by atoms with van der Waals surface area (Å²) in [6.07, 6.45) is 0.286. The number of amides is 3. The van der Waals surface area contributed by atoms with E-state index in [1.807, 2.05) is 37.4 Å². The third-order valence-corrected chi connectivity index (χ3v) is 2.93. The van der Waals surface area contributed by atoms with Gasteiger partial charge in [0.15, 0.2) is 0 Å². The van der Waals surface area contributed by atoms with Gasteiger partial charge in [-0.25, -0.2) is 4.79 Å². The van der Waals surface area contributed by atoms with Gasteiger partial charge in [0, 0.05) is 39.6 Å². The molecule has 3 N–H and O–H groups in total. The molecule has 0 saturated heterocycles. The van der Waals surface area contributed by atoms with E-state index in [4.69, 9.17) is 0 Å². The van der Waals surface area contributed by atoms with Gasteiger partial charge >= 0.3 is 6.03 Å². The van der Waals surface area contributed by atoms with Crippen LogP contribution in [0.1, 0.15) is 12.0 Å². The molecule has 22 heavy (non-hydrogen) atoms. The van der Waals surface area contributed by atoms with Gasteiger partial charge in [-0.2, -0.15) is 0 Å². The van der Waals surface area contributed by atoms with Crippen LogP contribution in [0.5, 0.6) is 0 Å². The Balaban J connectivity index is 0.00000441. The van der Waals surface area contributed by atoms with Crippen LogP contribution in [-0.4, -0.2) is 50.6 Å². The molecule has 0 saturated carbocycles. The van der Waals surface area contributed by atoms with Crippen molar-refractivity contribution in [1.82, 2.24) is 20.9 Å². The van der Waals surface area contributed by atoms with Crippen LogP contribution >= 0.6 is 12.4 Å². The molecule has 1 rings (SSSR count). The topological polar surface area (TPSA) is 73.5 Å². The lowest BCUT2D eigenvalue weighted by molar-refractivity contribution is -0.120. The quantitative estimate of drug-likeness (QED) is 0.623. The first-order valence-corrected chi connectivity index (χ1v) is 7.07. The minimum Gasteiger partial charge on any atom is -0.355 e. The zero-order valence-electron chi connectivity index (χ0n) is 13.1. The highest BCUT2D eigenvalue weighted by molar-refractivity contribution is 5.85. The van der Waals surface area contributed by atoms with E-state index in [0.29, 0.717) is 19.6 Å². The molecule has 0 radical (unpaired) electrons. The van der Waals surface area contributed by atoms with E-state index in [-0.39, 0.29) is 30.8 Å². The summed E-state index contributed by atoms with van der Waals surface area (Å²) in [4.78, 5) is 24.9. The van der Waals surface area contributed by atoms with Gasteiger partial charge in [0.05, 0.1) is 0 Å². The molecule has 0 fully saturated rings. The fourth-order valence-corrected chi connectivity index (χ4v) is 1.76. The lowest BCUT2D eigenvalue weighted by Crippen LogP contribution is -2.39. The van der Waals surface area contributed by atoms with Gasteiger partial charge in [-0.3, -0.25) is 4.79 Å². The minimum absolute atomic E-state index is 0. The molecule has 0 aliphatic heterocycles. The van der Waals surface area contributed by atoms with Crippen molar-refractivity contribution >= 4 is 24.3 Å². The van der Waals surface area contributed by atoms with E-state index in [1.54, 1.807) is 11.9 Å². The third kappa shape index (κ3) is 8.49. The van der Waals surface area contributed by atoms with E-state index >= 15 is 0 Å². The second kappa shape index (κ2) is 11.8. The van der Waals surface area contributed by atoms with Crippen LogP contribution in [0.3, 0.4) is 0 Å². The summed E-state index contributed by atoms with van der Waals surface area (Å²) >= 11 is 0. The van der Waals surface area contributed by atoms with Crippen molar-refractivity contribution in [2.24, 2.45) is 0 Å². The molecule has 1 aromatic carbocycles. The monoisotopic (exact) mass is 328 g/mol.